The third-order valence-corrected chi connectivity index (χ3v) is 12.0. The second-order valence-corrected chi connectivity index (χ2v) is 17.4. The maximum atomic E-state index is 14.7. The van der Waals surface area contributed by atoms with Crippen LogP contribution in [0.5, 0.6) is 11.5 Å². The number of aliphatic carboxylic acids is 1. The quantitative estimate of drug-likeness (QED) is 0.134. The van der Waals surface area contributed by atoms with Gasteiger partial charge in [0.25, 0.3) is 0 Å². The van der Waals surface area contributed by atoms with Crippen LogP contribution >= 0.6 is 0 Å². The molecule has 55 heavy (non-hydrogen) atoms. The van der Waals surface area contributed by atoms with Gasteiger partial charge < -0.3 is 29.5 Å². The fourth-order valence-corrected chi connectivity index (χ4v) is 8.66. The molecule has 2 N–H and O–H groups in total. The molecule has 1 saturated heterocycles. The van der Waals surface area contributed by atoms with Gasteiger partial charge in [0.2, 0.25) is 5.91 Å². The Morgan fingerprint density at radius 3 is 2.45 bits per heavy atom. The fourth-order valence-electron chi connectivity index (χ4n) is 8.66. The van der Waals surface area contributed by atoms with Crippen molar-refractivity contribution in [1.82, 2.24) is 19.7 Å². The summed E-state index contributed by atoms with van der Waals surface area (Å²) in [7, 11) is 1.58. The number of carboxylic acid groups (broad SMARTS) is 1. The minimum Gasteiger partial charge on any atom is -0.497 e. The number of nitrogens with zero attached hydrogens (tertiary/aromatic N) is 4. The largest absolute Gasteiger partial charge is 0.497 e. The normalized spacial score (nSPS) is 27.4. The molecule has 0 bridgehead atoms. The van der Waals surface area contributed by atoms with Crippen molar-refractivity contribution in [3.63, 3.8) is 0 Å². The molecule has 13 heteroatoms. The summed E-state index contributed by atoms with van der Waals surface area (Å²) in [6, 6.07) is 8.32. The van der Waals surface area contributed by atoms with Crippen LogP contribution in [0, 0.1) is 34.5 Å². The Morgan fingerprint density at radius 2 is 1.82 bits per heavy atom. The SMILES string of the molecule is C=C[C@@H]1C[C@]1(CC(=O)[C@@H]1C[C@@H](Oc2cc(-n3ccc(NC(C)C)n3)nc3cc(OC)ccc23)CN1C(=O)[C@@H](CC(=O)OC1C[C@@H]2C[C@@H]2C1)C(C)(C)C)C(=O)O. The highest BCUT2D eigenvalue weighted by molar-refractivity contribution is 5.95. The number of methoxy groups -OCH3 is 1. The van der Waals surface area contributed by atoms with Crippen LogP contribution in [0.3, 0.4) is 0 Å². The summed E-state index contributed by atoms with van der Waals surface area (Å²) in [6.45, 7) is 13.6. The highest BCUT2D eigenvalue weighted by atomic mass is 16.5. The number of carbonyl (C=O) groups excluding carboxylic acids is 3. The van der Waals surface area contributed by atoms with Crippen molar-refractivity contribution >= 4 is 40.3 Å². The molecule has 8 atom stereocenters. The number of rotatable bonds is 15. The molecule has 1 aromatic carbocycles. The Morgan fingerprint density at radius 1 is 1.07 bits per heavy atom. The van der Waals surface area contributed by atoms with E-state index in [1.807, 2.05) is 52.8 Å². The zero-order valence-corrected chi connectivity index (χ0v) is 32.6. The number of hydrogen-bond donors (Lipinski definition) is 2. The summed E-state index contributed by atoms with van der Waals surface area (Å²) in [5.74, 6) is 0.258. The maximum Gasteiger partial charge on any atom is 0.310 e. The lowest BCUT2D eigenvalue weighted by atomic mass is 9.77. The number of carboxylic acids is 1. The van der Waals surface area contributed by atoms with Crippen LogP contribution < -0.4 is 14.8 Å². The third-order valence-electron chi connectivity index (χ3n) is 12.0. The van der Waals surface area contributed by atoms with Crippen molar-refractivity contribution in [2.45, 2.75) is 104 Å². The summed E-state index contributed by atoms with van der Waals surface area (Å²) >= 11 is 0. The van der Waals surface area contributed by atoms with E-state index in [0.717, 1.165) is 12.8 Å². The predicted molar refractivity (Wildman–Crippen MR) is 205 cm³/mol. The van der Waals surface area contributed by atoms with Crippen LogP contribution in [0.15, 0.2) is 49.2 Å². The summed E-state index contributed by atoms with van der Waals surface area (Å²) in [6.07, 6.45) is 5.68. The number of aromatic nitrogens is 3. The minimum absolute atomic E-state index is 0.0628. The fraction of sp³-hybridized carbons (Fsp3) is 0.571. The average molecular weight is 756 g/mol. The number of fused-ring (bicyclic) bond motifs is 2. The van der Waals surface area contributed by atoms with Crippen molar-refractivity contribution in [2.75, 3.05) is 19.0 Å². The van der Waals surface area contributed by atoms with E-state index in [1.165, 1.54) is 11.3 Å². The van der Waals surface area contributed by atoms with E-state index < -0.39 is 40.8 Å². The van der Waals surface area contributed by atoms with Crippen molar-refractivity contribution in [2.24, 2.45) is 34.5 Å². The number of benzene rings is 1. The van der Waals surface area contributed by atoms with E-state index in [2.05, 4.69) is 17.0 Å². The van der Waals surface area contributed by atoms with E-state index in [9.17, 15) is 24.3 Å². The van der Waals surface area contributed by atoms with E-state index in [0.29, 0.717) is 52.3 Å². The van der Waals surface area contributed by atoms with E-state index in [-0.39, 0.29) is 55.6 Å². The molecule has 3 heterocycles. The Balaban J connectivity index is 1.19. The number of ketones is 1. The molecule has 3 aromatic rings. The van der Waals surface area contributed by atoms with Crippen LogP contribution in [0.25, 0.3) is 16.7 Å². The van der Waals surface area contributed by atoms with Gasteiger partial charge in [-0.3, -0.25) is 19.2 Å². The number of amides is 1. The summed E-state index contributed by atoms with van der Waals surface area (Å²) < 4.78 is 19.7. The number of hydrogen-bond acceptors (Lipinski definition) is 10. The van der Waals surface area contributed by atoms with Crippen molar-refractivity contribution in [3.8, 4) is 17.3 Å². The highest BCUT2D eigenvalue weighted by Gasteiger charge is 2.61. The number of pyridine rings is 1. The number of anilines is 1. The molecule has 0 radical (unpaired) electrons. The molecule has 3 saturated carbocycles. The molecule has 1 aliphatic heterocycles. The van der Waals surface area contributed by atoms with Crippen LogP contribution in [0.2, 0.25) is 0 Å². The van der Waals surface area contributed by atoms with Crippen LogP contribution in [-0.2, 0) is 23.9 Å². The number of nitrogens with one attached hydrogen (secondary N) is 1. The van der Waals surface area contributed by atoms with Gasteiger partial charge in [-0.2, -0.15) is 0 Å². The number of carbonyl (C=O) groups is 4. The Kier molecular flexibility index (Phi) is 10.2. The molecule has 4 aliphatic rings. The predicted octanol–water partition coefficient (Wildman–Crippen LogP) is 6.23. The maximum absolute atomic E-state index is 14.7. The number of ether oxygens (including phenoxy) is 3. The van der Waals surface area contributed by atoms with E-state index >= 15 is 0 Å². The average Bonchev–Trinajstić information content (AvgIpc) is 3.79. The minimum atomic E-state index is -1.25. The molecule has 7 rings (SSSR count). The zero-order chi connectivity index (χ0) is 39.4. The van der Waals surface area contributed by atoms with Crippen molar-refractivity contribution in [1.29, 1.82) is 0 Å². The molecule has 13 nitrogen and oxygen atoms in total. The zero-order valence-electron chi connectivity index (χ0n) is 32.6. The number of Topliss-reactive ketones (excluding diaryl/α,β-unsaturated/α-hetero) is 1. The first-order chi connectivity index (χ1) is 26.1. The third kappa shape index (κ3) is 7.93. The first-order valence-corrected chi connectivity index (χ1v) is 19.4. The van der Waals surface area contributed by atoms with Gasteiger partial charge in [-0.05, 0) is 74.8 Å². The summed E-state index contributed by atoms with van der Waals surface area (Å²) in [5.41, 5.74) is -1.29. The van der Waals surface area contributed by atoms with Gasteiger partial charge in [0.05, 0.1) is 43.0 Å². The second-order valence-electron chi connectivity index (χ2n) is 17.4. The summed E-state index contributed by atoms with van der Waals surface area (Å²) in [5, 5.41) is 18.8. The van der Waals surface area contributed by atoms with Crippen LogP contribution in [0.4, 0.5) is 5.82 Å². The number of allylic oxidation sites excluding steroid dienone is 1. The molecular formula is C42H53N5O8. The monoisotopic (exact) mass is 755 g/mol. The van der Waals surface area contributed by atoms with Crippen molar-refractivity contribution in [3.05, 3.63) is 49.2 Å². The number of likely N-dealkylation sites (tertiary alicyclic amines) is 1. The molecule has 3 aliphatic carbocycles. The van der Waals surface area contributed by atoms with E-state index in [4.69, 9.17) is 19.2 Å². The second kappa shape index (κ2) is 14.6. The molecule has 1 amide bonds. The highest BCUT2D eigenvalue weighted by Crippen LogP contribution is 2.57. The number of esters is 1. The Hall–Kier alpha value is -4.94. The topological polar surface area (TPSA) is 162 Å². The van der Waals surface area contributed by atoms with Gasteiger partial charge in [-0.15, -0.1) is 11.7 Å². The van der Waals surface area contributed by atoms with Crippen molar-refractivity contribution < 1.29 is 38.5 Å². The molecule has 2 aromatic heterocycles. The lowest BCUT2D eigenvalue weighted by Gasteiger charge is -2.35. The van der Waals surface area contributed by atoms with Gasteiger partial charge >= 0.3 is 11.9 Å². The smallest absolute Gasteiger partial charge is 0.310 e. The van der Waals surface area contributed by atoms with Gasteiger partial charge in [0.15, 0.2) is 11.6 Å². The standard InChI is InChI=1S/C42H53N5O8/c1-8-26-20-42(26,40(51)52)21-34(48)33-17-29(22-46(33)39(50)31(41(4,5)6)18-38(49)55-28-14-24-13-25(24)15-28)54-35-19-37(47-12-11-36(45-47)43-23(2)3)44-32-16-27(53-7)9-10-30(32)35/h8-12,16,19,23-26,28-29,31,33H,1,13-15,17-18,20-22H2,2-7H3,(H,43,45)(H,51,52)/t24-,25+,26-,28?,29-,31-,33+,42-/m1/s1. The molecular weight excluding hydrogens is 702 g/mol. The van der Waals surface area contributed by atoms with Gasteiger partial charge in [0.1, 0.15) is 29.5 Å². The lowest BCUT2D eigenvalue weighted by Crippen LogP contribution is -2.48. The molecule has 0 spiro atoms. The molecule has 1 unspecified atom stereocenters. The Labute approximate surface area is 321 Å². The van der Waals surface area contributed by atoms with E-state index in [1.54, 1.807) is 36.2 Å². The van der Waals surface area contributed by atoms with Gasteiger partial charge in [-0.1, -0.05) is 26.8 Å². The summed E-state index contributed by atoms with van der Waals surface area (Å²) in [4.78, 5) is 61.1. The molecule has 294 valence electrons. The van der Waals surface area contributed by atoms with Gasteiger partial charge in [0, 0.05) is 48.7 Å². The lowest BCUT2D eigenvalue weighted by molar-refractivity contribution is -0.157. The first kappa shape index (κ1) is 38.3. The Bertz CT molecular complexity index is 1990. The molecule has 4 fully saturated rings. The van der Waals surface area contributed by atoms with Crippen LogP contribution in [0.1, 0.15) is 79.6 Å². The van der Waals surface area contributed by atoms with Gasteiger partial charge in [-0.25, -0.2) is 9.67 Å². The van der Waals surface area contributed by atoms with Crippen LogP contribution in [-0.4, -0.2) is 86.3 Å². The first-order valence-electron chi connectivity index (χ1n) is 19.4.